The van der Waals surface area contributed by atoms with Crippen LogP contribution < -0.4 is 10.4 Å². The predicted molar refractivity (Wildman–Crippen MR) is 83.6 cm³/mol. The summed E-state index contributed by atoms with van der Waals surface area (Å²) in [6.45, 7) is 14.2. The van der Waals surface area contributed by atoms with Gasteiger partial charge in [-0.3, -0.25) is 0 Å². The fourth-order valence-electron chi connectivity index (χ4n) is 1.78. The molecule has 0 aromatic heterocycles. The van der Waals surface area contributed by atoms with Crippen molar-refractivity contribution in [1.29, 1.82) is 0 Å². The second-order valence-electron chi connectivity index (χ2n) is 4.46. The highest BCUT2D eigenvalue weighted by molar-refractivity contribution is 5.72. The zero-order valence-corrected chi connectivity index (χ0v) is 11.7. The van der Waals surface area contributed by atoms with Gasteiger partial charge in [0.15, 0.2) is 0 Å². The Hall–Kier alpha value is -1.82. The molecule has 0 radical (unpaired) electrons. The molecule has 0 nitrogen and oxygen atoms in total. The Balaban J connectivity index is 3.27. The van der Waals surface area contributed by atoms with Gasteiger partial charge in [-0.15, -0.1) is 0 Å². The second-order valence-corrected chi connectivity index (χ2v) is 4.46. The van der Waals surface area contributed by atoms with Crippen LogP contribution in [0.25, 0.3) is 17.7 Å². The third-order valence-electron chi connectivity index (χ3n) is 2.73. The molecule has 1 aromatic carbocycles. The van der Waals surface area contributed by atoms with Gasteiger partial charge in [0.25, 0.3) is 0 Å². The number of rotatable bonds is 4. The Morgan fingerprint density at radius 3 is 2.50 bits per heavy atom. The molecule has 18 heavy (non-hydrogen) atoms. The standard InChI is InChI=1S/C18H22/c1-6-8-9-15(5)17-10-11-18(12-14(3)4)16(7-2)13-17/h7-13H,3,5-6H2,1-2,4H3/b9-8-,16-7-,18-12-. The zero-order valence-electron chi connectivity index (χ0n) is 11.7. The van der Waals surface area contributed by atoms with E-state index in [1.54, 1.807) is 0 Å². The van der Waals surface area contributed by atoms with Crippen molar-refractivity contribution in [3.05, 3.63) is 65.1 Å². The van der Waals surface area contributed by atoms with Crippen LogP contribution in [-0.4, -0.2) is 0 Å². The largest absolute Gasteiger partial charge is 0.0961 e. The lowest BCUT2D eigenvalue weighted by Gasteiger charge is -2.01. The van der Waals surface area contributed by atoms with Crippen LogP contribution in [-0.2, 0) is 0 Å². The van der Waals surface area contributed by atoms with Crippen molar-refractivity contribution in [1.82, 2.24) is 0 Å². The van der Waals surface area contributed by atoms with Gasteiger partial charge in [-0.05, 0) is 47.9 Å². The normalized spacial score (nSPS) is 13.3. The monoisotopic (exact) mass is 238 g/mol. The van der Waals surface area contributed by atoms with Gasteiger partial charge in [-0.25, -0.2) is 0 Å². The van der Waals surface area contributed by atoms with E-state index in [-0.39, 0.29) is 0 Å². The number of hydrogen-bond acceptors (Lipinski definition) is 0. The zero-order chi connectivity index (χ0) is 13.5. The van der Waals surface area contributed by atoms with Crippen LogP contribution in [0.3, 0.4) is 0 Å². The fourth-order valence-corrected chi connectivity index (χ4v) is 1.78. The molecule has 0 amide bonds. The molecule has 0 aliphatic rings. The van der Waals surface area contributed by atoms with E-state index in [9.17, 15) is 0 Å². The molecule has 94 valence electrons. The lowest BCUT2D eigenvalue weighted by atomic mass is 10.0. The first-order chi connectivity index (χ1) is 8.58. The topological polar surface area (TPSA) is 0 Å². The van der Waals surface area contributed by atoms with E-state index in [0.29, 0.717) is 0 Å². The lowest BCUT2D eigenvalue weighted by molar-refractivity contribution is 1.22. The van der Waals surface area contributed by atoms with Crippen LogP contribution in [0.4, 0.5) is 0 Å². The summed E-state index contributed by atoms with van der Waals surface area (Å²) in [5.74, 6) is 0. The van der Waals surface area contributed by atoms with Gasteiger partial charge < -0.3 is 0 Å². The van der Waals surface area contributed by atoms with Crippen molar-refractivity contribution in [2.45, 2.75) is 27.2 Å². The smallest absolute Gasteiger partial charge is 0.0184 e. The van der Waals surface area contributed by atoms with Gasteiger partial charge in [-0.1, -0.05) is 62.1 Å². The van der Waals surface area contributed by atoms with Crippen LogP contribution in [0.5, 0.6) is 0 Å². The molecule has 1 rings (SSSR count). The first-order valence-corrected chi connectivity index (χ1v) is 6.38. The summed E-state index contributed by atoms with van der Waals surface area (Å²) in [6, 6.07) is 6.42. The first-order valence-electron chi connectivity index (χ1n) is 6.38. The van der Waals surface area contributed by atoms with Crippen molar-refractivity contribution in [3.8, 4) is 0 Å². The van der Waals surface area contributed by atoms with Gasteiger partial charge in [0.05, 0.1) is 0 Å². The molecule has 0 saturated heterocycles. The quantitative estimate of drug-likeness (QED) is 0.699. The highest BCUT2D eigenvalue weighted by Gasteiger charge is 1.95. The Kier molecular flexibility index (Phi) is 5.38. The maximum absolute atomic E-state index is 4.10. The molecular formula is C18H22. The highest BCUT2D eigenvalue weighted by atomic mass is 14.0. The van der Waals surface area contributed by atoms with E-state index in [1.807, 2.05) is 6.92 Å². The molecule has 0 aliphatic heterocycles. The Morgan fingerprint density at radius 1 is 1.22 bits per heavy atom. The van der Waals surface area contributed by atoms with Gasteiger partial charge in [-0.2, -0.15) is 0 Å². The van der Waals surface area contributed by atoms with Crippen LogP contribution in [0.2, 0.25) is 0 Å². The molecule has 0 saturated carbocycles. The minimum atomic E-state index is 1.04. The third-order valence-corrected chi connectivity index (χ3v) is 2.73. The summed E-state index contributed by atoms with van der Waals surface area (Å²) in [5.41, 5.74) is 3.30. The molecular weight excluding hydrogens is 216 g/mol. The van der Waals surface area contributed by atoms with E-state index < -0.39 is 0 Å². The summed E-state index contributed by atoms with van der Waals surface area (Å²) in [6.07, 6.45) is 9.47. The molecule has 0 fully saturated rings. The third kappa shape index (κ3) is 3.89. The van der Waals surface area contributed by atoms with Crippen molar-refractivity contribution in [2.75, 3.05) is 0 Å². The molecule has 0 spiro atoms. The van der Waals surface area contributed by atoms with Crippen molar-refractivity contribution in [2.24, 2.45) is 0 Å². The number of benzene rings is 1. The second kappa shape index (κ2) is 6.80. The van der Waals surface area contributed by atoms with Crippen LogP contribution in [0, 0.1) is 0 Å². The maximum atomic E-state index is 4.10. The average Bonchev–Trinajstić information content (AvgIpc) is 2.35. The molecule has 0 aliphatic carbocycles. The highest BCUT2D eigenvalue weighted by Crippen LogP contribution is 2.10. The first kappa shape index (κ1) is 14.2. The summed E-state index contributed by atoms with van der Waals surface area (Å²) in [4.78, 5) is 0. The number of hydrogen-bond donors (Lipinski definition) is 0. The molecule has 1 aromatic rings. The maximum Gasteiger partial charge on any atom is -0.0184 e. The minimum absolute atomic E-state index is 1.04. The minimum Gasteiger partial charge on any atom is -0.0961 e. The van der Waals surface area contributed by atoms with Crippen molar-refractivity contribution >= 4 is 17.7 Å². The van der Waals surface area contributed by atoms with E-state index in [0.717, 1.165) is 17.6 Å². The van der Waals surface area contributed by atoms with E-state index in [1.165, 1.54) is 16.0 Å². The molecule has 0 heterocycles. The number of allylic oxidation sites excluding steroid dienone is 4. The Morgan fingerprint density at radius 2 is 1.94 bits per heavy atom. The van der Waals surface area contributed by atoms with Crippen LogP contribution in [0.15, 0.2) is 49.1 Å². The van der Waals surface area contributed by atoms with E-state index >= 15 is 0 Å². The Labute approximate surface area is 110 Å². The average molecular weight is 238 g/mol. The summed E-state index contributed by atoms with van der Waals surface area (Å²) in [5, 5.41) is 2.43. The van der Waals surface area contributed by atoms with Crippen molar-refractivity contribution in [3.63, 3.8) is 0 Å². The summed E-state index contributed by atoms with van der Waals surface area (Å²) in [7, 11) is 0. The SMILES string of the molecule is C=C(C)/C=c1/ccc(C(=C)/C=C\CC)c/c1=C/C. The van der Waals surface area contributed by atoms with Gasteiger partial charge in [0, 0.05) is 0 Å². The van der Waals surface area contributed by atoms with Crippen LogP contribution >= 0.6 is 0 Å². The van der Waals surface area contributed by atoms with Gasteiger partial charge in [0.2, 0.25) is 0 Å². The van der Waals surface area contributed by atoms with E-state index in [4.69, 9.17) is 0 Å². The molecule has 0 heteroatoms. The summed E-state index contributed by atoms with van der Waals surface area (Å²) >= 11 is 0. The van der Waals surface area contributed by atoms with Gasteiger partial charge in [0.1, 0.15) is 0 Å². The van der Waals surface area contributed by atoms with Crippen molar-refractivity contribution < 1.29 is 0 Å². The molecule has 0 atom stereocenters. The predicted octanol–water partition coefficient (Wildman–Crippen LogP) is 3.82. The Bertz CT molecular complexity index is 583. The van der Waals surface area contributed by atoms with Gasteiger partial charge >= 0.3 is 0 Å². The summed E-state index contributed by atoms with van der Waals surface area (Å²) < 4.78 is 0. The molecule has 0 bridgehead atoms. The molecule has 0 unspecified atom stereocenters. The van der Waals surface area contributed by atoms with Crippen LogP contribution in [0.1, 0.15) is 32.8 Å². The molecule has 0 N–H and O–H groups in total. The fraction of sp³-hybridized carbons (Fsp3) is 0.222. The van der Waals surface area contributed by atoms with E-state index in [2.05, 4.69) is 69.5 Å². The lowest BCUT2D eigenvalue weighted by Crippen LogP contribution is -2.24.